The minimum atomic E-state index is -0.156. The van der Waals surface area contributed by atoms with Crippen molar-refractivity contribution in [2.75, 3.05) is 11.1 Å². The van der Waals surface area contributed by atoms with Gasteiger partial charge in [-0.3, -0.25) is 4.79 Å². The molecule has 1 N–H and O–H groups in total. The quantitative estimate of drug-likeness (QED) is 0.838. The van der Waals surface area contributed by atoms with Gasteiger partial charge in [-0.1, -0.05) is 22.9 Å². The van der Waals surface area contributed by atoms with Gasteiger partial charge in [0.15, 0.2) is 0 Å². The first-order valence-electron chi connectivity index (χ1n) is 6.16. The number of thiophene rings is 1. The summed E-state index contributed by atoms with van der Waals surface area (Å²) < 4.78 is 0. The molecule has 2 heterocycles. The highest BCUT2D eigenvalue weighted by Gasteiger charge is 2.25. The van der Waals surface area contributed by atoms with Crippen LogP contribution in [0.3, 0.4) is 0 Å². The number of alkyl halides is 1. The second-order valence-corrected chi connectivity index (χ2v) is 7.67. The van der Waals surface area contributed by atoms with E-state index in [2.05, 4.69) is 41.2 Å². The summed E-state index contributed by atoms with van der Waals surface area (Å²) in [6, 6.07) is 2.08. The lowest BCUT2D eigenvalue weighted by Gasteiger charge is -2.26. The van der Waals surface area contributed by atoms with Crippen LogP contribution in [-0.4, -0.2) is 22.5 Å². The normalized spacial score (nSPS) is 17.9. The highest BCUT2D eigenvalue weighted by Crippen LogP contribution is 2.32. The van der Waals surface area contributed by atoms with Crippen LogP contribution in [-0.2, 0) is 12.2 Å². The summed E-state index contributed by atoms with van der Waals surface area (Å²) in [5.41, 5.74) is 1.20. The van der Waals surface area contributed by atoms with Gasteiger partial charge in [-0.2, -0.15) is 11.8 Å². The highest BCUT2D eigenvalue weighted by atomic mass is 79.9. The Morgan fingerprint density at radius 3 is 3.00 bits per heavy atom. The number of aryl methyl sites for hydroxylation is 1. The summed E-state index contributed by atoms with van der Waals surface area (Å²) in [7, 11) is 0. The van der Waals surface area contributed by atoms with Gasteiger partial charge >= 0.3 is 0 Å². The fourth-order valence-electron chi connectivity index (χ4n) is 1.81. The maximum Gasteiger partial charge on any atom is 0.261 e. The van der Waals surface area contributed by atoms with Gasteiger partial charge in [-0.05, 0) is 37.1 Å². The highest BCUT2D eigenvalue weighted by molar-refractivity contribution is 9.09. The Kier molecular flexibility index (Phi) is 4.78. The van der Waals surface area contributed by atoms with E-state index < -0.39 is 0 Å². The van der Waals surface area contributed by atoms with E-state index in [0.717, 1.165) is 28.8 Å². The van der Waals surface area contributed by atoms with Crippen molar-refractivity contribution in [2.45, 2.75) is 38.0 Å². The average molecular weight is 348 g/mol. The minimum absolute atomic E-state index is 0.0724. The molecule has 0 aliphatic carbocycles. The maximum absolute atomic E-state index is 12.3. The fourth-order valence-corrected chi connectivity index (χ4v) is 4.62. The second-order valence-electron chi connectivity index (χ2n) is 4.86. The number of nitrogens with one attached hydrogen (secondary N) is 1. The molecule has 0 bridgehead atoms. The third-order valence-electron chi connectivity index (χ3n) is 3.34. The van der Waals surface area contributed by atoms with Crippen LogP contribution >= 0.6 is 39.0 Å². The number of halogens is 1. The number of carbonyl (C=O) groups is 1. The average Bonchev–Trinajstić information content (AvgIpc) is 2.82. The van der Waals surface area contributed by atoms with Gasteiger partial charge in [0.2, 0.25) is 0 Å². The zero-order valence-electron chi connectivity index (χ0n) is 10.7. The van der Waals surface area contributed by atoms with Gasteiger partial charge in [0.1, 0.15) is 0 Å². The molecule has 2 nitrogen and oxygen atoms in total. The Morgan fingerprint density at radius 1 is 1.61 bits per heavy atom. The van der Waals surface area contributed by atoms with Crippen molar-refractivity contribution >= 4 is 44.9 Å². The number of rotatable bonds is 4. The molecule has 1 amide bonds. The molecule has 1 atom stereocenters. The second kappa shape index (κ2) is 5.97. The lowest BCUT2D eigenvalue weighted by Crippen LogP contribution is -2.46. The van der Waals surface area contributed by atoms with Crippen LogP contribution in [0.2, 0.25) is 0 Å². The topological polar surface area (TPSA) is 29.1 Å². The van der Waals surface area contributed by atoms with Gasteiger partial charge < -0.3 is 5.32 Å². The minimum Gasteiger partial charge on any atom is -0.345 e. The smallest absolute Gasteiger partial charge is 0.261 e. The summed E-state index contributed by atoms with van der Waals surface area (Å²) in [6.45, 7) is 4.17. The Morgan fingerprint density at radius 2 is 2.39 bits per heavy atom. The van der Waals surface area contributed by atoms with Crippen molar-refractivity contribution in [3.63, 3.8) is 0 Å². The van der Waals surface area contributed by atoms with Crippen LogP contribution in [0.1, 0.15) is 40.4 Å². The van der Waals surface area contributed by atoms with E-state index in [1.165, 1.54) is 16.2 Å². The number of amides is 1. The Balaban J connectivity index is 2.11. The van der Waals surface area contributed by atoms with Crippen LogP contribution in [0.5, 0.6) is 0 Å². The zero-order valence-corrected chi connectivity index (χ0v) is 13.9. The Bertz CT molecular complexity index is 417. The summed E-state index contributed by atoms with van der Waals surface area (Å²) in [4.78, 5) is 14.5. The molecule has 1 aliphatic rings. The monoisotopic (exact) mass is 347 g/mol. The van der Waals surface area contributed by atoms with E-state index >= 15 is 0 Å². The molecular weight excluding hydrogens is 330 g/mol. The molecule has 0 radical (unpaired) electrons. The fraction of sp³-hybridized carbons (Fsp3) is 0.615. The van der Waals surface area contributed by atoms with Crippen LogP contribution in [0.4, 0.5) is 0 Å². The third-order valence-corrected chi connectivity index (χ3v) is 6.82. The van der Waals surface area contributed by atoms with Crippen molar-refractivity contribution in [1.82, 2.24) is 5.32 Å². The standard InChI is InChI=1S/C13H18BrNOS2/c1-3-13(2,8-14)15-12(16)11-6-9-7-17-5-4-10(9)18-11/h6H,3-5,7-8H2,1-2H3,(H,15,16). The van der Waals surface area contributed by atoms with E-state index in [1.54, 1.807) is 11.3 Å². The molecule has 0 fully saturated rings. The van der Waals surface area contributed by atoms with E-state index in [9.17, 15) is 4.79 Å². The van der Waals surface area contributed by atoms with Gasteiger partial charge in [-0.15, -0.1) is 11.3 Å². The lowest BCUT2D eigenvalue weighted by molar-refractivity contribution is 0.0917. The van der Waals surface area contributed by atoms with Crippen LogP contribution in [0.25, 0.3) is 0 Å². The molecule has 1 aromatic rings. The first kappa shape index (κ1) is 14.4. The van der Waals surface area contributed by atoms with Gasteiger partial charge in [-0.25, -0.2) is 0 Å². The molecule has 18 heavy (non-hydrogen) atoms. The van der Waals surface area contributed by atoms with E-state index in [1.807, 2.05) is 11.8 Å². The molecule has 100 valence electrons. The first-order valence-corrected chi connectivity index (χ1v) is 9.25. The van der Waals surface area contributed by atoms with E-state index in [4.69, 9.17) is 0 Å². The van der Waals surface area contributed by atoms with E-state index in [-0.39, 0.29) is 11.4 Å². The van der Waals surface area contributed by atoms with Crippen LogP contribution in [0, 0.1) is 0 Å². The van der Waals surface area contributed by atoms with E-state index in [0.29, 0.717) is 0 Å². The molecule has 2 rings (SSSR count). The molecule has 1 aromatic heterocycles. The van der Waals surface area contributed by atoms with Crippen molar-refractivity contribution in [1.29, 1.82) is 0 Å². The lowest BCUT2D eigenvalue weighted by atomic mass is 10.0. The SMILES string of the molecule is CCC(C)(CBr)NC(=O)c1cc2c(s1)CCSC2. The Hall–Kier alpha value is -0.000000000000000111. The number of fused-ring (bicyclic) bond motifs is 1. The summed E-state index contributed by atoms with van der Waals surface area (Å²) in [5.74, 6) is 2.31. The van der Waals surface area contributed by atoms with Crippen molar-refractivity contribution in [3.8, 4) is 0 Å². The number of carbonyl (C=O) groups excluding carboxylic acids is 1. The first-order chi connectivity index (χ1) is 8.58. The number of thioether (sulfide) groups is 1. The summed E-state index contributed by atoms with van der Waals surface area (Å²) in [5, 5.41) is 3.92. The molecule has 5 heteroatoms. The molecule has 0 saturated heterocycles. The van der Waals surface area contributed by atoms with Gasteiger partial charge in [0.25, 0.3) is 5.91 Å². The number of hydrogen-bond acceptors (Lipinski definition) is 3. The van der Waals surface area contributed by atoms with Crippen molar-refractivity contribution in [2.24, 2.45) is 0 Å². The largest absolute Gasteiger partial charge is 0.345 e. The third kappa shape index (κ3) is 3.11. The molecule has 0 aromatic carbocycles. The summed E-state index contributed by atoms with van der Waals surface area (Å²) in [6.07, 6.45) is 2.03. The molecular formula is C13H18BrNOS2. The van der Waals surface area contributed by atoms with Crippen LogP contribution < -0.4 is 5.32 Å². The predicted octanol–water partition coefficient (Wildman–Crippen LogP) is 3.83. The van der Waals surface area contributed by atoms with Crippen LogP contribution in [0.15, 0.2) is 6.07 Å². The maximum atomic E-state index is 12.3. The van der Waals surface area contributed by atoms with Crippen molar-refractivity contribution in [3.05, 3.63) is 21.4 Å². The molecule has 0 saturated carbocycles. The van der Waals surface area contributed by atoms with Gasteiger partial charge in [0, 0.05) is 21.5 Å². The zero-order chi connectivity index (χ0) is 13.2. The van der Waals surface area contributed by atoms with Gasteiger partial charge in [0.05, 0.1) is 4.88 Å². The molecule has 0 spiro atoms. The number of hydrogen-bond donors (Lipinski definition) is 1. The van der Waals surface area contributed by atoms with Crippen molar-refractivity contribution < 1.29 is 4.79 Å². The summed E-state index contributed by atoms with van der Waals surface area (Å²) >= 11 is 7.09. The molecule has 1 aliphatic heterocycles. The molecule has 1 unspecified atom stereocenters. The Labute approximate surface area is 125 Å². The predicted molar refractivity (Wildman–Crippen MR) is 84.1 cm³/mol.